The van der Waals surface area contributed by atoms with Crippen LogP contribution in [0.1, 0.15) is 10.5 Å². The van der Waals surface area contributed by atoms with E-state index in [-0.39, 0.29) is 5.82 Å². The van der Waals surface area contributed by atoms with Gasteiger partial charge in [-0.2, -0.15) is 5.10 Å². The summed E-state index contributed by atoms with van der Waals surface area (Å²) in [6.07, 6.45) is 0. The van der Waals surface area contributed by atoms with Crippen LogP contribution in [0.25, 0.3) is 16.9 Å². The van der Waals surface area contributed by atoms with E-state index in [9.17, 15) is 9.18 Å². The first-order chi connectivity index (χ1) is 14.1. The molecule has 0 unspecified atom stereocenters. The molecular formula is C23H17FN2O3. The summed E-state index contributed by atoms with van der Waals surface area (Å²) in [6.45, 7) is 0. The number of rotatable bonds is 5. The molecule has 4 aromatic rings. The Kier molecular flexibility index (Phi) is 5.07. The van der Waals surface area contributed by atoms with Crippen LogP contribution in [-0.2, 0) is 4.74 Å². The standard InChI is InChI=1S/C23H17FN2O3/c1-28-23(27)22-15-21(25-26(22)18-5-3-2-4-6-18)16-7-11-19(12-8-16)29-20-13-9-17(24)10-14-20/h2-15H,1H3. The number of para-hydroxylation sites is 1. The van der Waals surface area contributed by atoms with E-state index in [1.807, 2.05) is 42.5 Å². The van der Waals surface area contributed by atoms with Gasteiger partial charge in [0.25, 0.3) is 0 Å². The van der Waals surface area contributed by atoms with Crippen molar-refractivity contribution in [1.29, 1.82) is 0 Å². The average Bonchev–Trinajstić information content (AvgIpc) is 3.21. The van der Waals surface area contributed by atoms with Gasteiger partial charge in [-0.3, -0.25) is 0 Å². The van der Waals surface area contributed by atoms with Crippen molar-refractivity contribution in [2.45, 2.75) is 0 Å². The Morgan fingerprint density at radius 3 is 2.14 bits per heavy atom. The molecule has 1 heterocycles. The Labute approximate surface area is 166 Å². The van der Waals surface area contributed by atoms with Crippen LogP contribution in [0.5, 0.6) is 11.5 Å². The molecular weight excluding hydrogens is 371 g/mol. The second kappa shape index (κ2) is 7.98. The average molecular weight is 388 g/mol. The second-order valence-electron chi connectivity index (χ2n) is 6.23. The Hall–Kier alpha value is -3.93. The minimum atomic E-state index is -0.469. The van der Waals surface area contributed by atoms with Gasteiger partial charge in [0.1, 0.15) is 17.3 Å². The number of ether oxygens (including phenoxy) is 2. The molecule has 5 nitrogen and oxygen atoms in total. The fourth-order valence-electron chi connectivity index (χ4n) is 2.87. The fraction of sp³-hybridized carbons (Fsp3) is 0.0435. The SMILES string of the molecule is COC(=O)c1cc(-c2ccc(Oc3ccc(F)cc3)cc2)nn1-c1ccccc1. The third kappa shape index (κ3) is 4.01. The van der Waals surface area contributed by atoms with Crippen LogP contribution in [0.15, 0.2) is 84.9 Å². The first-order valence-corrected chi connectivity index (χ1v) is 8.92. The first kappa shape index (κ1) is 18.4. The van der Waals surface area contributed by atoms with Crippen molar-refractivity contribution in [2.75, 3.05) is 7.11 Å². The zero-order valence-corrected chi connectivity index (χ0v) is 15.6. The zero-order chi connectivity index (χ0) is 20.2. The van der Waals surface area contributed by atoms with Gasteiger partial charge in [-0.05, 0) is 66.7 Å². The molecule has 0 aliphatic rings. The highest BCUT2D eigenvalue weighted by atomic mass is 19.1. The Balaban J connectivity index is 1.63. The maximum atomic E-state index is 13.0. The smallest absolute Gasteiger partial charge is 0.356 e. The minimum absolute atomic E-state index is 0.317. The van der Waals surface area contributed by atoms with Gasteiger partial charge < -0.3 is 9.47 Å². The lowest BCUT2D eigenvalue weighted by molar-refractivity contribution is 0.0590. The molecule has 0 saturated heterocycles. The number of carbonyl (C=O) groups excluding carboxylic acids is 1. The first-order valence-electron chi connectivity index (χ1n) is 8.92. The van der Waals surface area contributed by atoms with Crippen LogP contribution in [0, 0.1) is 5.82 Å². The molecule has 3 aromatic carbocycles. The van der Waals surface area contributed by atoms with Crippen molar-refractivity contribution in [2.24, 2.45) is 0 Å². The highest BCUT2D eigenvalue weighted by Crippen LogP contribution is 2.27. The van der Waals surface area contributed by atoms with Crippen molar-refractivity contribution in [3.63, 3.8) is 0 Å². The summed E-state index contributed by atoms with van der Waals surface area (Å²) in [6, 6.07) is 24.1. The molecule has 1 aromatic heterocycles. The summed E-state index contributed by atoms with van der Waals surface area (Å²) in [4.78, 5) is 12.2. The summed E-state index contributed by atoms with van der Waals surface area (Å²) >= 11 is 0. The predicted molar refractivity (Wildman–Crippen MR) is 107 cm³/mol. The molecule has 0 spiro atoms. The third-order valence-electron chi connectivity index (χ3n) is 4.30. The molecule has 4 rings (SSSR count). The highest BCUT2D eigenvalue weighted by molar-refractivity contribution is 5.89. The van der Waals surface area contributed by atoms with Gasteiger partial charge in [-0.15, -0.1) is 0 Å². The normalized spacial score (nSPS) is 10.6. The summed E-state index contributed by atoms with van der Waals surface area (Å²) in [7, 11) is 1.34. The molecule has 144 valence electrons. The number of nitrogens with zero attached hydrogens (tertiary/aromatic N) is 2. The van der Waals surface area contributed by atoms with E-state index >= 15 is 0 Å². The lowest BCUT2D eigenvalue weighted by Gasteiger charge is -2.06. The molecule has 0 aliphatic heterocycles. The van der Waals surface area contributed by atoms with Crippen molar-refractivity contribution in [1.82, 2.24) is 9.78 Å². The Bertz CT molecular complexity index is 1120. The van der Waals surface area contributed by atoms with Crippen LogP contribution in [0.4, 0.5) is 4.39 Å². The fourth-order valence-corrected chi connectivity index (χ4v) is 2.87. The van der Waals surface area contributed by atoms with Gasteiger partial charge in [0.15, 0.2) is 5.69 Å². The lowest BCUT2D eigenvalue weighted by Crippen LogP contribution is -2.09. The van der Waals surface area contributed by atoms with Crippen LogP contribution >= 0.6 is 0 Å². The Morgan fingerprint density at radius 2 is 1.52 bits per heavy atom. The molecule has 0 aliphatic carbocycles. The van der Waals surface area contributed by atoms with Crippen molar-refractivity contribution >= 4 is 5.97 Å². The van der Waals surface area contributed by atoms with Crippen LogP contribution < -0.4 is 4.74 Å². The number of hydrogen-bond donors (Lipinski definition) is 0. The maximum absolute atomic E-state index is 13.0. The molecule has 0 amide bonds. The van der Waals surface area contributed by atoms with Gasteiger partial charge in [-0.25, -0.2) is 13.9 Å². The number of hydrogen-bond acceptors (Lipinski definition) is 4. The molecule has 29 heavy (non-hydrogen) atoms. The quantitative estimate of drug-likeness (QED) is 0.438. The summed E-state index contributed by atoms with van der Waals surface area (Å²) in [5, 5.41) is 4.58. The zero-order valence-electron chi connectivity index (χ0n) is 15.6. The minimum Gasteiger partial charge on any atom is -0.464 e. The van der Waals surface area contributed by atoms with E-state index < -0.39 is 5.97 Å². The number of halogens is 1. The van der Waals surface area contributed by atoms with E-state index in [2.05, 4.69) is 5.10 Å². The second-order valence-corrected chi connectivity index (χ2v) is 6.23. The Morgan fingerprint density at radius 1 is 0.897 bits per heavy atom. The van der Waals surface area contributed by atoms with Gasteiger partial charge in [0.2, 0.25) is 0 Å². The lowest BCUT2D eigenvalue weighted by atomic mass is 10.1. The molecule has 0 bridgehead atoms. The summed E-state index contributed by atoms with van der Waals surface area (Å²) in [5.41, 5.74) is 2.54. The van der Waals surface area contributed by atoms with Crippen LogP contribution in [0.3, 0.4) is 0 Å². The molecule has 0 fully saturated rings. The number of esters is 1. The van der Waals surface area contributed by atoms with Crippen molar-refractivity contribution < 1.29 is 18.7 Å². The highest BCUT2D eigenvalue weighted by Gasteiger charge is 2.18. The number of aromatic nitrogens is 2. The molecule has 0 atom stereocenters. The topological polar surface area (TPSA) is 53.4 Å². The largest absolute Gasteiger partial charge is 0.464 e. The third-order valence-corrected chi connectivity index (χ3v) is 4.30. The van der Waals surface area contributed by atoms with E-state index in [1.54, 1.807) is 35.0 Å². The molecule has 0 N–H and O–H groups in total. The van der Waals surface area contributed by atoms with E-state index in [1.165, 1.54) is 19.2 Å². The van der Waals surface area contributed by atoms with Gasteiger partial charge in [-0.1, -0.05) is 18.2 Å². The summed E-state index contributed by atoms with van der Waals surface area (Å²) in [5.74, 6) is 0.364. The summed E-state index contributed by atoms with van der Waals surface area (Å²) < 4.78 is 25.2. The van der Waals surface area contributed by atoms with E-state index in [0.717, 1.165) is 11.3 Å². The van der Waals surface area contributed by atoms with Gasteiger partial charge >= 0.3 is 5.97 Å². The molecule has 6 heteroatoms. The number of benzene rings is 3. The van der Waals surface area contributed by atoms with Crippen molar-refractivity contribution in [3.05, 3.63) is 96.4 Å². The maximum Gasteiger partial charge on any atom is 0.356 e. The van der Waals surface area contributed by atoms with Crippen LogP contribution in [-0.4, -0.2) is 22.9 Å². The van der Waals surface area contributed by atoms with Crippen molar-refractivity contribution in [3.8, 4) is 28.4 Å². The van der Waals surface area contributed by atoms with E-state index in [0.29, 0.717) is 22.9 Å². The molecule has 0 saturated carbocycles. The number of carbonyl (C=O) groups is 1. The predicted octanol–water partition coefficient (Wildman–Crippen LogP) is 5.26. The monoisotopic (exact) mass is 388 g/mol. The van der Waals surface area contributed by atoms with Gasteiger partial charge in [0.05, 0.1) is 18.5 Å². The van der Waals surface area contributed by atoms with E-state index in [4.69, 9.17) is 9.47 Å². The molecule has 0 radical (unpaired) electrons. The van der Waals surface area contributed by atoms with Gasteiger partial charge in [0, 0.05) is 5.56 Å². The van der Waals surface area contributed by atoms with Crippen LogP contribution in [0.2, 0.25) is 0 Å². The number of methoxy groups -OCH3 is 1.